The molecule has 6 saturated carbocycles. The number of hydrogen-bond acceptors (Lipinski definition) is 3. The number of anilines is 2. The highest BCUT2D eigenvalue weighted by Crippen LogP contribution is 2.52. The van der Waals surface area contributed by atoms with Crippen LogP contribution in [0.25, 0.3) is 0 Å². The maximum Gasteiger partial charge on any atom is 0.231 e. The van der Waals surface area contributed by atoms with Crippen LogP contribution in [0.1, 0.15) is 77.0 Å². The summed E-state index contributed by atoms with van der Waals surface area (Å²) < 4.78 is 0. The summed E-state index contributed by atoms with van der Waals surface area (Å²) in [5.41, 5.74) is 0.198. The Bertz CT molecular complexity index is 681. The molecule has 0 atom stereocenters. The summed E-state index contributed by atoms with van der Waals surface area (Å²) >= 11 is 0. The Hall–Kier alpha value is -1.91. The van der Waals surface area contributed by atoms with Gasteiger partial charge in [0.05, 0.1) is 5.69 Å². The standard InChI is InChI=1S/C23H31N3O2/c27-20(22-9-3-16(4-10-22)5-11-22)25-18-2-1-15-24-19(18)26-21(28)23-12-6-17(7-13-23)8-14-23/h1-2,15-17H,3-14H2,(H,25,27)(H,24,26,28). The molecule has 150 valence electrons. The van der Waals surface area contributed by atoms with Gasteiger partial charge in [-0.2, -0.15) is 0 Å². The van der Waals surface area contributed by atoms with E-state index < -0.39 is 0 Å². The van der Waals surface area contributed by atoms with Crippen molar-refractivity contribution < 1.29 is 9.59 Å². The summed E-state index contributed by atoms with van der Waals surface area (Å²) in [7, 11) is 0. The highest BCUT2D eigenvalue weighted by Gasteiger charge is 2.47. The molecule has 0 aromatic carbocycles. The molecular formula is C23H31N3O2. The van der Waals surface area contributed by atoms with Gasteiger partial charge in [0.15, 0.2) is 5.82 Å². The Morgan fingerprint density at radius 2 is 1.25 bits per heavy atom. The number of nitrogens with zero attached hydrogens (tertiary/aromatic N) is 1. The van der Waals surface area contributed by atoms with E-state index in [-0.39, 0.29) is 22.6 Å². The van der Waals surface area contributed by atoms with Crippen molar-refractivity contribution in [3.63, 3.8) is 0 Å². The Balaban J connectivity index is 1.32. The largest absolute Gasteiger partial charge is 0.322 e. The zero-order valence-corrected chi connectivity index (χ0v) is 16.6. The summed E-state index contributed by atoms with van der Waals surface area (Å²) in [6.07, 6.45) is 14.7. The number of nitrogens with one attached hydrogen (secondary N) is 2. The topological polar surface area (TPSA) is 71.1 Å². The fraction of sp³-hybridized carbons (Fsp3) is 0.696. The molecule has 0 spiro atoms. The molecule has 6 fully saturated rings. The van der Waals surface area contributed by atoms with Crippen molar-refractivity contribution in [3.8, 4) is 0 Å². The quantitative estimate of drug-likeness (QED) is 0.779. The third-order valence-corrected chi connectivity index (χ3v) is 8.44. The van der Waals surface area contributed by atoms with Gasteiger partial charge in [0.2, 0.25) is 11.8 Å². The minimum Gasteiger partial charge on any atom is -0.322 e. The van der Waals surface area contributed by atoms with Crippen LogP contribution in [0.5, 0.6) is 0 Å². The molecule has 4 bridgehead atoms. The van der Waals surface area contributed by atoms with Crippen LogP contribution in [0.3, 0.4) is 0 Å². The van der Waals surface area contributed by atoms with E-state index in [1.54, 1.807) is 6.20 Å². The van der Waals surface area contributed by atoms with E-state index in [1.165, 1.54) is 38.5 Å². The second kappa shape index (κ2) is 6.85. The number of fused-ring (bicyclic) bond motifs is 6. The highest BCUT2D eigenvalue weighted by atomic mass is 16.2. The summed E-state index contributed by atoms with van der Waals surface area (Å²) in [5.74, 6) is 2.36. The van der Waals surface area contributed by atoms with E-state index in [2.05, 4.69) is 15.6 Å². The molecule has 28 heavy (non-hydrogen) atoms. The van der Waals surface area contributed by atoms with Crippen molar-refractivity contribution in [2.75, 3.05) is 10.6 Å². The summed E-state index contributed by atoms with van der Waals surface area (Å²) in [6, 6.07) is 3.69. The van der Waals surface area contributed by atoms with Crippen LogP contribution in [0.15, 0.2) is 18.3 Å². The Labute approximate surface area is 167 Å². The van der Waals surface area contributed by atoms with Crippen LogP contribution >= 0.6 is 0 Å². The van der Waals surface area contributed by atoms with Crippen LogP contribution in [0.2, 0.25) is 0 Å². The molecule has 5 nitrogen and oxygen atoms in total. The van der Waals surface area contributed by atoms with Gasteiger partial charge in [0, 0.05) is 17.0 Å². The molecule has 0 aliphatic heterocycles. The first kappa shape index (κ1) is 18.1. The van der Waals surface area contributed by atoms with Crippen LogP contribution in [0.4, 0.5) is 11.5 Å². The van der Waals surface area contributed by atoms with Gasteiger partial charge in [0.1, 0.15) is 0 Å². The molecule has 0 saturated heterocycles. The lowest BCUT2D eigenvalue weighted by atomic mass is 9.60. The molecule has 2 N–H and O–H groups in total. The first-order chi connectivity index (χ1) is 13.6. The van der Waals surface area contributed by atoms with E-state index >= 15 is 0 Å². The first-order valence-corrected chi connectivity index (χ1v) is 11.2. The number of carbonyl (C=O) groups excluding carboxylic acids is 2. The van der Waals surface area contributed by atoms with Crippen molar-refractivity contribution in [3.05, 3.63) is 18.3 Å². The number of aromatic nitrogens is 1. The van der Waals surface area contributed by atoms with Crippen molar-refractivity contribution in [2.45, 2.75) is 77.0 Å². The van der Waals surface area contributed by atoms with Crippen LogP contribution in [0, 0.1) is 22.7 Å². The molecule has 1 aromatic rings. The van der Waals surface area contributed by atoms with E-state index in [1.807, 2.05) is 12.1 Å². The molecule has 1 aromatic heterocycles. The van der Waals surface area contributed by atoms with Gasteiger partial charge in [-0.3, -0.25) is 9.59 Å². The predicted molar refractivity (Wildman–Crippen MR) is 109 cm³/mol. The van der Waals surface area contributed by atoms with Gasteiger partial charge in [-0.25, -0.2) is 4.98 Å². The van der Waals surface area contributed by atoms with Crippen LogP contribution in [-0.2, 0) is 9.59 Å². The Morgan fingerprint density at radius 1 is 0.786 bits per heavy atom. The normalized spacial score (nSPS) is 36.1. The van der Waals surface area contributed by atoms with Gasteiger partial charge in [-0.05, 0) is 101 Å². The van der Waals surface area contributed by atoms with E-state index in [0.29, 0.717) is 11.5 Å². The van der Waals surface area contributed by atoms with Crippen molar-refractivity contribution in [1.82, 2.24) is 4.98 Å². The van der Waals surface area contributed by atoms with Crippen molar-refractivity contribution >= 4 is 23.3 Å². The highest BCUT2D eigenvalue weighted by molar-refractivity contribution is 6.02. The monoisotopic (exact) mass is 381 g/mol. The number of hydrogen-bond donors (Lipinski definition) is 2. The molecule has 1 heterocycles. The molecule has 6 aliphatic rings. The predicted octanol–water partition coefficient (Wildman–Crippen LogP) is 4.90. The molecule has 7 rings (SSSR count). The van der Waals surface area contributed by atoms with E-state index in [4.69, 9.17) is 0 Å². The SMILES string of the molecule is O=C(Nc1cccnc1NC(=O)C12CCC(CC1)CC2)C12CCC(CC1)CC2. The van der Waals surface area contributed by atoms with E-state index in [9.17, 15) is 9.59 Å². The van der Waals surface area contributed by atoms with Gasteiger partial charge in [-0.15, -0.1) is 0 Å². The molecule has 0 unspecified atom stereocenters. The maximum absolute atomic E-state index is 13.2. The average Bonchev–Trinajstić information content (AvgIpc) is 2.77. The second-order valence-corrected chi connectivity index (χ2v) is 9.83. The fourth-order valence-electron chi connectivity index (χ4n) is 6.28. The minimum atomic E-state index is -0.228. The molecule has 2 amide bonds. The zero-order chi connectivity index (χ0) is 19.2. The third kappa shape index (κ3) is 3.03. The van der Waals surface area contributed by atoms with Crippen LogP contribution < -0.4 is 10.6 Å². The third-order valence-electron chi connectivity index (χ3n) is 8.44. The number of amides is 2. The number of carbonyl (C=O) groups is 2. The molecular weight excluding hydrogens is 350 g/mol. The Kier molecular flexibility index (Phi) is 4.44. The lowest BCUT2D eigenvalue weighted by Crippen LogP contribution is -2.44. The summed E-state index contributed by atoms with van der Waals surface area (Å²) in [5, 5.41) is 6.21. The van der Waals surface area contributed by atoms with Gasteiger partial charge in [0.25, 0.3) is 0 Å². The lowest BCUT2D eigenvalue weighted by Gasteiger charge is -2.45. The molecule has 0 radical (unpaired) electrons. The van der Waals surface area contributed by atoms with Gasteiger partial charge >= 0.3 is 0 Å². The summed E-state index contributed by atoms with van der Waals surface area (Å²) in [6.45, 7) is 0. The molecule has 6 aliphatic carbocycles. The average molecular weight is 382 g/mol. The number of pyridine rings is 1. The maximum atomic E-state index is 13.2. The Morgan fingerprint density at radius 3 is 1.75 bits per heavy atom. The fourth-order valence-corrected chi connectivity index (χ4v) is 6.28. The summed E-state index contributed by atoms with van der Waals surface area (Å²) in [4.78, 5) is 30.7. The smallest absolute Gasteiger partial charge is 0.231 e. The van der Waals surface area contributed by atoms with Crippen LogP contribution in [-0.4, -0.2) is 16.8 Å². The lowest BCUT2D eigenvalue weighted by molar-refractivity contribution is -0.132. The number of rotatable bonds is 4. The zero-order valence-electron chi connectivity index (χ0n) is 16.6. The first-order valence-electron chi connectivity index (χ1n) is 11.2. The molecule has 5 heteroatoms. The van der Waals surface area contributed by atoms with Crippen molar-refractivity contribution in [1.29, 1.82) is 0 Å². The minimum absolute atomic E-state index is 0.0937. The van der Waals surface area contributed by atoms with E-state index in [0.717, 1.165) is 50.4 Å². The van der Waals surface area contributed by atoms with Gasteiger partial charge in [-0.1, -0.05) is 0 Å². The van der Waals surface area contributed by atoms with Crippen molar-refractivity contribution in [2.24, 2.45) is 22.7 Å². The van der Waals surface area contributed by atoms with Gasteiger partial charge < -0.3 is 10.6 Å². The second-order valence-electron chi connectivity index (χ2n) is 9.83.